The van der Waals surface area contributed by atoms with Crippen molar-refractivity contribution in [1.82, 2.24) is 9.97 Å². The molecule has 1 aromatic heterocycles. The van der Waals surface area contributed by atoms with Crippen molar-refractivity contribution in [3.63, 3.8) is 0 Å². The topological polar surface area (TPSA) is 72.1 Å². The fraction of sp³-hybridized carbons (Fsp3) is 0.615. The van der Waals surface area contributed by atoms with Gasteiger partial charge in [-0.2, -0.15) is 0 Å². The Balaban J connectivity index is 2.20. The predicted molar refractivity (Wildman–Crippen MR) is 78.0 cm³/mol. The molecule has 0 unspecified atom stereocenters. The van der Waals surface area contributed by atoms with Crippen LogP contribution in [0.2, 0.25) is 0 Å². The van der Waals surface area contributed by atoms with Crippen molar-refractivity contribution in [2.45, 2.75) is 38.5 Å². The lowest BCUT2D eigenvalue weighted by Crippen LogP contribution is -2.35. The smallest absolute Gasteiger partial charge is 0.236 e. The molecule has 1 aliphatic rings. The number of primary amides is 1. The van der Waals surface area contributed by atoms with Gasteiger partial charge in [0.15, 0.2) is 0 Å². The van der Waals surface area contributed by atoms with Crippen LogP contribution < -0.4 is 10.6 Å². The Labute approximate surface area is 121 Å². The van der Waals surface area contributed by atoms with E-state index in [1.54, 1.807) is 0 Å². The summed E-state index contributed by atoms with van der Waals surface area (Å²) in [7, 11) is 0. The van der Waals surface area contributed by atoms with Gasteiger partial charge in [0.1, 0.15) is 16.2 Å². The van der Waals surface area contributed by atoms with E-state index in [0.717, 1.165) is 48.5 Å². The molecule has 0 spiro atoms. The van der Waals surface area contributed by atoms with Crippen molar-refractivity contribution in [3.8, 4) is 0 Å². The minimum atomic E-state index is -0.334. The number of unbranched alkanes of at least 4 members (excludes halogenated alkanes) is 1. The highest BCUT2D eigenvalue weighted by molar-refractivity contribution is 9.10. The zero-order valence-electron chi connectivity index (χ0n) is 11.1. The number of rotatable bonds is 7. The third-order valence-electron chi connectivity index (χ3n) is 3.09. The van der Waals surface area contributed by atoms with Crippen LogP contribution in [0, 0.1) is 0 Å². The number of nitrogens with zero attached hydrogens (tertiary/aromatic N) is 3. The SMILES string of the molecule is CCCCN(CC(N)=O)c1cc(Br)nc(C2CC2)n1. The summed E-state index contributed by atoms with van der Waals surface area (Å²) in [5, 5.41) is 0. The van der Waals surface area contributed by atoms with Crippen LogP contribution >= 0.6 is 15.9 Å². The van der Waals surface area contributed by atoms with Crippen LogP contribution in [-0.4, -0.2) is 29.0 Å². The Hall–Kier alpha value is -1.17. The Kier molecular flexibility index (Phi) is 4.74. The molecule has 1 saturated carbocycles. The van der Waals surface area contributed by atoms with Gasteiger partial charge in [-0.3, -0.25) is 4.79 Å². The zero-order chi connectivity index (χ0) is 13.8. The van der Waals surface area contributed by atoms with Crippen molar-refractivity contribution in [3.05, 3.63) is 16.5 Å². The summed E-state index contributed by atoms with van der Waals surface area (Å²) in [5.41, 5.74) is 5.31. The molecule has 19 heavy (non-hydrogen) atoms. The van der Waals surface area contributed by atoms with E-state index in [4.69, 9.17) is 5.73 Å². The van der Waals surface area contributed by atoms with Crippen molar-refractivity contribution in [1.29, 1.82) is 0 Å². The van der Waals surface area contributed by atoms with Gasteiger partial charge in [-0.15, -0.1) is 0 Å². The second-order valence-corrected chi connectivity index (χ2v) is 5.74. The van der Waals surface area contributed by atoms with Crippen molar-refractivity contribution >= 4 is 27.7 Å². The minimum absolute atomic E-state index is 0.202. The van der Waals surface area contributed by atoms with Gasteiger partial charge in [0.25, 0.3) is 0 Å². The van der Waals surface area contributed by atoms with E-state index in [-0.39, 0.29) is 12.5 Å². The van der Waals surface area contributed by atoms with Crippen LogP contribution in [0.4, 0.5) is 5.82 Å². The van der Waals surface area contributed by atoms with Gasteiger partial charge >= 0.3 is 0 Å². The lowest BCUT2D eigenvalue weighted by Gasteiger charge is -2.22. The van der Waals surface area contributed by atoms with Crippen molar-refractivity contribution in [2.24, 2.45) is 5.73 Å². The Morgan fingerprint density at radius 3 is 2.84 bits per heavy atom. The summed E-state index contributed by atoms with van der Waals surface area (Å²) in [6.07, 6.45) is 4.38. The number of carbonyl (C=O) groups excluding carboxylic acids is 1. The van der Waals surface area contributed by atoms with Crippen LogP contribution in [0.3, 0.4) is 0 Å². The first kappa shape index (κ1) is 14.2. The number of hydrogen-bond donors (Lipinski definition) is 1. The number of amides is 1. The van der Waals surface area contributed by atoms with Gasteiger partial charge in [-0.25, -0.2) is 9.97 Å². The summed E-state index contributed by atoms with van der Waals surface area (Å²) in [6, 6.07) is 1.85. The Morgan fingerprint density at radius 2 is 2.26 bits per heavy atom. The molecule has 5 nitrogen and oxygen atoms in total. The third kappa shape index (κ3) is 4.16. The molecule has 0 aliphatic heterocycles. The first-order valence-electron chi connectivity index (χ1n) is 6.68. The van der Waals surface area contributed by atoms with Crippen LogP contribution in [0.1, 0.15) is 44.3 Å². The lowest BCUT2D eigenvalue weighted by molar-refractivity contribution is -0.116. The third-order valence-corrected chi connectivity index (χ3v) is 3.50. The highest BCUT2D eigenvalue weighted by Gasteiger charge is 2.27. The molecule has 0 aromatic carbocycles. The van der Waals surface area contributed by atoms with E-state index < -0.39 is 0 Å². The summed E-state index contributed by atoms with van der Waals surface area (Å²) in [5.74, 6) is 1.81. The first-order chi connectivity index (χ1) is 9.10. The molecule has 1 fully saturated rings. The van der Waals surface area contributed by atoms with Crippen LogP contribution in [0.5, 0.6) is 0 Å². The van der Waals surface area contributed by atoms with Gasteiger partial charge in [-0.1, -0.05) is 13.3 Å². The fourth-order valence-corrected chi connectivity index (χ4v) is 2.31. The molecular weight excluding hydrogens is 308 g/mol. The molecule has 1 amide bonds. The van der Waals surface area contributed by atoms with Gasteiger partial charge in [0, 0.05) is 18.5 Å². The number of carbonyl (C=O) groups is 1. The molecule has 1 heterocycles. The maximum Gasteiger partial charge on any atom is 0.236 e. The molecule has 104 valence electrons. The van der Waals surface area contributed by atoms with Gasteiger partial charge in [-0.05, 0) is 35.2 Å². The molecule has 0 atom stereocenters. The molecule has 1 aliphatic carbocycles. The quantitative estimate of drug-likeness (QED) is 0.780. The van der Waals surface area contributed by atoms with E-state index in [9.17, 15) is 4.79 Å². The van der Waals surface area contributed by atoms with E-state index in [0.29, 0.717) is 5.92 Å². The average molecular weight is 327 g/mol. The molecule has 1 aromatic rings. The normalized spacial score (nSPS) is 14.4. The zero-order valence-corrected chi connectivity index (χ0v) is 12.7. The standard InChI is InChI=1S/C13H19BrN4O/c1-2-3-6-18(8-11(15)19)12-7-10(14)16-13(17-12)9-4-5-9/h7,9H,2-6,8H2,1H3,(H2,15,19). The summed E-state index contributed by atoms with van der Waals surface area (Å²) in [6.45, 7) is 3.11. The number of aromatic nitrogens is 2. The summed E-state index contributed by atoms with van der Waals surface area (Å²) < 4.78 is 0.769. The number of nitrogens with two attached hydrogens (primary N) is 1. The predicted octanol–water partition coefficient (Wildman–Crippen LogP) is 2.21. The summed E-state index contributed by atoms with van der Waals surface area (Å²) in [4.78, 5) is 22.1. The van der Waals surface area contributed by atoms with Gasteiger partial charge < -0.3 is 10.6 Å². The largest absolute Gasteiger partial charge is 0.368 e. The molecule has 0 saturated heterocycles. The summed E-state index contributed by atoms with van der Waals surface area (Å²) >= 11 is 3.42. The second kappa shape index (κ2) is 6.32. The molecule has 2 rings (SSSR count). The fourth-order valence-electron chi connectivity index (χ4n) is 1.92. The average Bonchev–Trinajstić information content (AvgIpc) is 3.17. The molecular formula is C13H19BrN4O. The number of hydrogen-bond acceptors (Lipinski definition) is 4. The monoisotopic (exact) mass is 326 g/mol. The van der Waals surface area contributed by atoms with Crippen molar-refractivity contribution < 1.29 is 4.79 Å². The maximum absolute atomic E-state index is 11.2. The van der Waals surface area contributed by atoms with Crippen LogP contribution in [-0.2, 0) is 4.79 Å². The molecule has 0 bridgehead atoms. The second-order valence-electron chi connectivity index (χ2n) is 4.92. The van der Waals surface area contributed by atoms with E-state index in [2.05, 4.69) is 32.8 Å². The number of anilines is 1. The van der Waals surface area contributed by atoms with Crippen LogP contribution in [0.15, 0.2) is 10.7 Å². The van der Waals surface area contributed by atoms with E-state index in [1.807, 2.05) is 11.0 Å². The first-order valence-corrected chi connectivity index (χ1v) is 7.47. The Morgan fingerprint density at radius 1 is 1.53 bits per heavy atom. The van der Waals surface area contributed by atoms with E-state index >= 15 is 0 Å². The lowest BCUT2D eigenvalue weighted by atomic mass is 10.3. The highest BCUT2D eigenvalue weighted by Crippen LogP contribution is 2.39. The highest BCUT2D eigenvalue weighted by atomic mass is 79.9. The van der Waals surface area contributed by atoms with Gasteiger partial charge in [0.2, 0.25) is 5.91 Å². The van der Waals surface area contributed by atoms with Crippen molar-refractivity contribution in [2.75, 3.05) is 18.0 Å². The van der Waals surface area contributed by atoms with Gasteiger partial charge in [0.05, 0.1) is 6.54 Å². The van der Waals surface area contributed by atoms with E-state index in [1.165, 1.54) is 0 Å². The van der Waals surface area contributed by atoms with Crippen LogP contribution in [0.25, 0.3) is 0 Å². The molecule has 6 heteroatoms. The molecule has 0 radical (unpaired) electrons. The Bertz CT molecular complexity index is 462. The molecule has 2 N–H and O–H groups in total. The number of halogens is 1. The minimum Gasteiger partial charge on any atom is -0.368 e. The maximum atomic E-state index is 11.2.